The summed E-state index contributed by atoms with van der Waals surface area (Å²) < 4.78 is 0.891. The van der Waals surface area contributed by atoms with Gasteiger partial charge in [0.05, 0.1) is 21.2 Å². The molecule has 0 bridgehead atoms. The molecule has 2 amide bonds. The molecule has 0 unspecified atom stereocenters. The lowest BCUT2D eigenvalue weighted by molar-refractivity contribution is -0.115. The molecule has 2 aromatic heterocycles. The standard InChI is InChI=1S/C13H15N3O2S3/c1-6-4-9(8(3)20-6)11(18)16-13-15-7(2)12(21-13)19-5-10(14)17/h4H,5H2,1-3H3,(H2,14,17)(H,15,16,18). The van der Waals surface area contributed by atoms with Gasteiger partial charge >= 0.3 is 0 Å². The number of nitrogens with two attached hydrogens (primary N) is 1. The number of thioether (sulfide) groups is 1. The Kier molecular flexibility index (Phi) is 5.02. The Morgan fingerprint density at radius 2 is 2.05 bits per heavy atom. The summed E-state index contributed by atoms with van der Waals surface area (Å²) in [4.78, 5) is 29.4. The van der Waals surface area contributed by atoms with E-state index in [0.717, 1.165) is 19.7 Å². The highest BCUT2D eigenvalue weighted by Gasteiger charge is 2.15. The molecular weight excluding hydrogens is 326 g/mol. The maximum Gasteiger partial charge on any atom is 0.258 e. The Balaban J connectivity index is 2.09. The monoisotopic (exact) mass is 341 g/mol. The van der Waals surface area contributed by atoms with E-state index in [9.17, 15) is 9.59 Å². The molecule has 0 fully saturated rings. The van der Waals surface area contributed by atoms with E-state index in [1.54, 1.807) is 11.3 Å². The van der Waals surface area contributed by atoms with E-state index in [1.165, 1.54) is 23.1 Å². The smallest absolute Gasteiger partial charge is 0.258 e. The fraction of sp³-hybridized carbons (Fsp3) is 0.308. The molecule has 0 atom stereocenters. The average molecular weight is 341 g/mol. The fourth-order valence-electron chi connectivity index (χ4n) is 1.73. The third-order valence-electron chi connectivity index (χ3n) is 2.61. The molecule has 21 heavy (non-hydrogen) atoms. The molecule has 2 rings (SSSR count). The zero-order chi connectivity index (χ0) is 15.6. The number of hydrogen-bond acceptors (Lipinski definition) is 6. The quantitative estimate of drug-likeness (QED) is 0.819. The Morgan fingerprint density at radius 1 is 1.33 bits per heavy atom. The maximum atomic E-state index is 12.2. The van der Waals surface area contributed by atoms with E-state index in [-0.39, 0.29) is 17.6 Å². The summed E-state index contributed by atoms with van der Waals surface area (Å²) >= 11 is 4.29. The first kappa shape index (κ1) is 16.0. The molecule has 112 valence electrons. The number of aromatic nitrogens is 1. The van der Waals surface area contributed by atoms with Crippen LogP contribution in [0.4, 0.5) is 5.13 Å². The van der Waals surface area contributed by atoms with Crippen molar-refractivity contribution in [2.75, 3.05) is 11.1 Å². The van der Waals surface area contributed by atoms with Gasteiger partial charge in [0.2, 0.25) is 5.91 Å². The molecule has 2 aromatic rings. The van der Waals surface area contributed by atoms with Crippen molar-refractivity contribution in [3.63, 3.8) is 0 Å². The largest absolute Gasteiger partial charge is 0.369 e. The number of aryl methyl sites for hydroxylation is 3. The Hall–Kier alpha value is -1.38. The maximum absolute atomic E-state index is 12.2. The lowest BCUT2D eigenvalue weighted by Gasteiger charge is -1.99. The molecule has 0 radical (unpaired) electrons. The van der Waals surface area contributed by atoms with Crippen LogP contribution in [-0.2, 0) is 4.79 Å². The van der Waals surface area contributed by atoms with Crippen LogP contribution in [0.5, 0.6) is 0 Å². The van der Waals surface area contributed by atoms with Gasteiger partial charge in [0.1, 0.15) is 0 Å². The second-order valence-electron chi connectivity index (χ2n) is 4.43. The first-order valence-electron chi connectivity index (χ1n) is 6.13. The van der Waals surface area contributed by atoms with Crippen molar-refractivity contribution in [2.45, 2.75) is 25.0 Å². The molecule has 0 aliphatic rings. The number of nitrogens with zero attached hydrogens (tertiary/aromatic N) is 1. The molecule has 8 heteroatoms. The molecule has 3 N–H and O–H groups in total. The van der Waals surface area contributed by atoms with Gasteiger partial charge in [-0.1, -0.05) is 11.3 Å². The summed E-state index contributed by atoms with van der Waals surface area (Å²) in [5, 5.41) is 3.34. The summed E-state index contributed by atoms with van der Waals surface area (Å²) in [6, 6.07) is 1.87. The summed E-state index contributed by atoms with van der Waals surface area (Å²) in [7, 11) is 0. The molecule has 0 spiro atoms. The van der Waals surface area contributed by atoms with Gasteiger partial charge in [0.25, 0.3) is 5.91 Å². The number of primary amides is 1. The van der Waals surface area contributed by atoms with Crippen molar-refractivity contribution in [3.8, 4) is 0 Å². The highest BCUT2D eigenvalue weighted by atomic mass is 32.2. The van der Waals surface area contributed by atoms with Crippen molar-refractivity contribution in [3.05, 3.63) is 27.1 Å². The average Bonchev–Trinajstić information content (AvgIpc) is 2.89. The number of rotatable bonds is 5. The van der Waals surface area contributed by atoms with Gasteiger partial charge in [-0.3, -0.25) is 14.9 Å². The van der Waals surface area contributed by atoms with Crippen molar-refractivity contribution >= 4 is 51.4 Å². The number of thiazole rings is 1. The third kappa shape index (κ3) is 4.05. The number of thiophene rings is 1. The Morgan fingerprint density at radius 3 is 2.62 bits per heavy atom. The SMILES string of the molecule is Cc1cc(C(=O)Nc2nc(C)c(SCC(N)=O)s2)c(C)s1. The summed E-state index contributed by atoms with van der Waals surface area (Å²) in [6.45, 7) is 5.74. The number of hydrogen-bond donors (Lipinski definition) is 2. The van der Waals surface area contributed by atoms with E-state index in [4.69, 9.17) is 5.73 Å². The van der Waals surface area contributed by atoms with Crippen LogP contribution in [0.2, 0.25) is 0 Å². The number of anilines is 1. The van der Waals surface area contributed by atoms with E-state index in [0.29, 0.717) is 10.7 Å². The van der Waals surface area contributed by atoms with Crippen molar-refractivity contribution in [1.82, 2.24) is 4.98 Å². The minimum atomic E-state index is -0.372. The van der Waals surface area contributed by atoms with Gasteiger partial charge in [-0.25, -0.2) is 4.98 Å². The molecule has 0 aromatic carbocycles. The first-order chi connectivity index (χ1) is 9.86. The normalized spacial score (nSPS) is 10.6. The zero-order valence-electron chi connectivity index (χ0n) is 11.9. The van der Waals surface area contributed by atoms with Crippen LogP contribution >= 0.6 is 34.4 Å². The van der Waals surface area contributed by atoms with Gasteiger partial charge in [-0.2, -0.15) is 0 Å². The lowest BCUT2D eigenvalue weighted by atomic mass is 10.2. The van der Waals surface area contributed by atoms with E-state index < -0.39 is 0 Å². The lowest BCUT2D eigenvalue weighted by Crippen LogP contribution is -2.12. The van der Waals surface area contributed by atoms with Crippen LogP contribution in [0.25, 0.3) is 0 Å². The summed E-state index contributed by atoms with van der Waals surface area (Å²) in [5.74, 6) is -0.320. The predicted molar refractivity (Wildman–Crippen MR) is 88.5 cm³/mol. The van der Waals surface area contributed by atoms with Crippen LogP contribution in [0.3, 0.4) is 0 Å². The Bertz CT molecular complexity index is 691. The summed E-state index contributed by atoms with van der Waals surface area (Å²) in [6.07, 6.45) is 0. The fourth-order valence-corrected chi connectivity index (χ4v) is 4.52. The van der Waals surface area contributed by atoms with Gasteiger partial charge < -0.3 is 5.73 Å². The van der Waals surface area contributed by atoms with Gasteiger partial charge in [-0.15, -0.1) is 23.1 Å². The van der Waals surface area contributed by atoms with E-state index in [1.807, 2.05) is 26.8 Å². The molecule has 0 aliphatic heterocycles. The van der Waals surface area contributed by atoms with Crippen LogP contribution < -0.4 is 11.1 Å². The van der Waals surface area contributed by atoms with Crippen LogP contribution in [0, 0.1) is 20.8 Å². The van der Waals surface area contributed by atoms with Crippen molar-refractivity contribution < 1.29 is 9.59 Å². The zero-order valence-corrected chi connectivity index (χ0v) is 14.3. The van der Waals surface area contributed by atoms with Crippen LogP contribution in [-0.4, -0.2) is 22.6 Å². The van der Waals surface area contributed by atoms with Crippen molar-refractivity contribution in [1.29, 1.82) is 0 Å². The highest BCUT2D eigenvalue weighted by Crippen LogP contribution is 2.32. The van der Waals surface area contributed by atoms with Gasteiger partial charge in [0, 0.05) is 9.75 Å². The second-order valence-corrected chi connectivity index (χ2v) is 8.13. The number of nitrogens with one attached hydrogen (secondary N) is 1. The molecule has 0 saturated carbocycles. The number of carbonyl (C=O) groups is 2. The minimum Gasteiger partial charge on any atom is -0.369 e. The highest BCUT2D eigenvalue weighted by molar-refractivity contribution is 8.01. The van der Waals surface area contributed by atoms with Crippen LogP contribution in [0.1, 0.15) is 25.8 Å². The Labute approximate surface area is 135 Å². The van der Waals surface area contributed by atoms with Crippen molar-refractivity contribution in [2.24, 2.45) is 5.73 Å². The second kappa shape index (κ2) is 6.59. The first-order valence-corrected chi connectivity index (χ1v) is 8.75. The van der Waals surface area contributed by atoms with E-state index in [2.05, 4.69) is 10.3 Å². The van der Waals surface area contributed by atoms with Gasteiger partial charge in [0.15, 0.2) is 5.13 Å². The number of carbonyl (C=O) groups excluding carboxylic acids is 2. The van der Waals surface area contributed by atoms with Crippen LogP contribution in [0.15, 0.2) is 10.3 Å². The third-order valence-corrected chi connectivity index (χ3v) is 6.03. The predicted octanol–water partition coefficient (Wildman–Crippen LogP) is 2.96. The molecule has 5 nitrogen and oxygen atoms in total. The molecular formula is C13H15N3O2S3. The minimum absolute atomic E-state index is 0.156. The topological polar surface area (TPSA) is 85.1 Å². The summed E-state index contributed by atoms with van der Waals surface area (Å²) in [5.41, 5.74) is 6.60. The number of amides is 2. The van der Waals surface area contributed by atoms with E-state index >= 15 is 0 Å². The molecule has 0 aliphatic carbocycles. The molecule has 0 saturated heterocycles. The molecule has 2 heterocycles. The van der Waals surface area contributed by atoms with Gasteiger partial charge in [-0.05, 0) is 26.8 Å².